The molecule has 0 spiro atoms. The minimum atomic E-state index is -0.632. The van der Waals surface area contributed by atoms with E-state index in [2.05, 4.69) is 22.3 Å². The van der Waals surface area contributed by atoms with Gasteiger partial charge in [-0.15, -0.1) is 0 Å². The summed E-state index contributed by atoms with van der Waals surface area (Å²) in [5.41, 5.74) is 2.38. The van der Waals surface area contributed by atoms with Gasteiger partial charge in [0.05, 0.1) is 18.6 Å². The molecule has 6 nitrogen and oxygen atoms in total. The van der Waals surface area contributed by atoms with Crippen LogP contribution < -0.4 is 5.32 Å². The van der Waals surface area contributed by atoms with Crippen molar-refractivity contribution in [2.75, 3.05) is 44.7 Å². The second-order valence-corrected chi connectivity index (χ2v) is 8.50. The molecule has 0 unspecified atom stereocenters. The molecule has 0 aromatic heterocycles. The monoisotopic (exact) mass is 421 g/mol. The largest absolute Gasteiger partial charge is 0.379 e. The van der Waals surface area contributed by atoms with Gasteiger partial charge >= 0.3 is 0 Å². The number of hydrogen-bond donors (Lipinski definition) is 1. The number of carbonyl (C=O) groups is 2. The highest BCUT2D eigenvalue weighted by atomic mass is 16.5. The average Bonchev–Trinajstić information content (AvgIpc) is 2.80. The number of carbonyl (C=O) groups excluding carboxylic acids is 2. The fourth-order valence-corrected chi connectivity index (χ4v) is 4.62. The third-order valence-electron chi connectivity index (χ3n) is 6.52. The van der Waals surface area contributed by atoms with E-state index < -0.39 is 5.41 Å². The van der Waals surface area contributed by atoms with Gasteiger partial charge in [-0.25, -0.2) is 0 Å². The number of likely N-dealkylation sites (tertiary alicyclic amines) is 1. The van der Waals surface area contributed by atoms with E-state index in [1.807, 2.05) is 47.4 Å². The van der Waals surface area contributed by atoms with Gasteiger partial charge in [0.25, 0.3) is 0 Å². The van der Waals surface area contributed by atoms with E-state index in [1.54, 1.807) is 6.92 Å². The van der Waals surface area contributed by atoms with Gasteiger partial charge in [-0.05, 0) is 36.1 Å². The summed E-state index contributed by atoms with van der Waals surface area (Å²) in [6.45, 7) is 7.03. The molecule has 1 N–H and O–H groups in total. The van der Waals surface area contributed by atoms with Crippen LogP contribution in [0.2, 0.25) is 0 Å². The molecule has 164 valence electrons. The van der Waals surface area contributed by atoms with Gasteiger partial charge in [-0.3, -0.25) is 14.5 Å². The molecular formula is C25H31N3O3. The maximum Gasteiger partial charge on any atom is 0.235 e. The lowest BCUT2D eigenvalue weighted by atomic mass is 9.72. The Morgan fingerprint density at radius 3 is 2.35 bits per heavy atom. The van der Waals surface area contributed by atoms with Gasteiger partial charge in [0.2, 0.25) is 11.8 Å². The Labute approximate surface area is 184 Å². The zero-order chi connectivity index (χ0) is 21.7. The number of rotatable bonds is 5. The van der Waals surface area contributed by atoms with Gasteiger partial charge in [0.15, 0.2) is 0 Å². The van der Waals surface area contributed by atoms with E-state index in [1.165, 1.54) is 5.56 Å². The maximum atomic E-state index is 13.6. The van der Waals surface area contributed by atoms with Crippen LogP contribution in [-0.4, -0.2) is 61.0 Å². The average molecular weight is 422 g/mol. The molecule has 2 aliphatic rings. The van der Waals surface area contributed by atoms with Crippen molar-refractivity contribution in [1.29, 1.82) is 0 Å². The van der Waals surface area contributed by atoms with E-state index in [0.29, 0.717) is 25.9 Å². The van der Waals surface area contributed by atoms with Crippen LogP contribution in [0.4, 0.5) is 5.69 Å². The first kappa shape index (κ1) is 21.5. The van der Waals surface area contributed by atoms with Crippen molar-refractivity contribution in [2.45, 2.75) is 31.7 Å². The lowest BCUT2D eigenvalue weighted by Gasteiger charge is -2.40. The van der Waals surface area contributed by atoms with E-state index in [4.69, 9.17) is 4.74 Å². The lowest BCUT2D eigenvalue weighted by molar-refractivity contribution is -0.133. The molecule has 0 atom stereocenters. The van der Waals surface area contributed by atoms with Gasteiger partial charge < -0.3 is 15.0 Å². The van der Waals surface area contributed by atoms with Crippen LogP contribution in [0.25, 0.3) is 0 Å². The molecule has 2 aromatic carbocycles. The predicted octanol–water partition coefficient (Wildman–Crippen LogP) is 3.04. The summed E-state index contributed by atoms with van der Waals surface area (Å²) < 4.78 is 5.43. The van der Waals surface area contributed by atoms with Crippen LogP contribution in [0.15, 0.2) is 54.6 Å². The Hall–Kier alpha value is -2.70. The number of ether oxygens (including phenoxy) is 1. The normalized spacial score (nSPS) is 19.1. The summed E-state index contributed by atoms with van der Waals surface area (Å²) in [7, 11) is 0. The SMILES string of the molecule is CC(=O)N1CCC(C(=O)Nc2cccc(CN3CCOCC3)c2)(c2ccccc2)CC1. The molecule has 2 amide bonds. The first-order valence-corrected chi connectivity index (χ1v) is 11.1. The Kier molecular flexibility index (Phi) is 6.68. The highest BCUT2D eigenvalue weighted by molar-refractivity contribution is 5.99. The van der Waals surface area contributed by atoms with Crippen LogP contribution in [0, 0.1) is 0 Å². The first-order valence-electron chi connectivity index (χ1n) is 11.1. The second kappa shape index (κ2) is 9.62. The molecule has 2 fully saturated rings. The van der Waals surface area contributed by atoms with Crippen LogP contribution in [-0.2, 0) is 26.3 Å². The zero-order valence-corrected chi connectivity index (χ0v) is 18.2. The molecule has 0 aliphatic carbocycles. The number of morpholine rings is 1. The zero-order valence-electron chi connectivity index (χ0n) is 18.2. The predicted molar refractivity (Wildman–Crippen MR) is 121 cm³/mol. The molecule has 4 rings (SSSR count). The second-order valence-electron chi connectivity index (χ2n) is 8.50. The maximum absolute atomic E-state index is 13.6. The standard InChI is InChI=1S/C25H31N3O3/c1-20(29)28-12-10-25(11-13-28,22-7-3-2-4-8-22)24(30)26-23-9-5-6-21(18-23)19-27-14-16-31-17-15-27/h2-9,18H,10-17,19H2,1H3,(H,26,30). The number of piperidine rings is 1. The highest BCUT2D eigenvalue weighted by Crippen LogP contribution is 2.37. The van der Waals surface area contributed by atoms with Crippen LogP contribution in [0.5, 0.6) is 0 Å². The summed E-state index contributed by atoms with van der Waals surface area (Å²) in [5, 5.41) is 3.19. The van der Waals surface area contributed by atoms with E-state index in [0.717, 1.165) is 44.1 Å². The van der Waals surface area contributed by atoms with Gasteiger partial charge in [-0.1, -0.05) is 42.5 Å². The van der Waals surface area contributed by atoms with Crippen LogP contribution >= 0.6 is 0 Å². The van der Waals surface area contributed by atoms with E-state index in [9.17, 15) is 9.59 Å². The molecular weight excluding hydrogens is 390 g/mol. The highest BCUT2D eigenvalue weighted by Gasteiger charge is 2.43. The van der Waals surface area contributed by atoms with Crippen molar-refractivity contribution in [1.82, 2.24) is 9.80 Å². The fourth-order valence-electron chi connectivity index (χ4n) is 4.62. The smallest absolute Gasteiger partial charge is 0.235 e. The van der Waals surface area contributed by atoms with Crippen molar-refractivity contribution < 1.29 is 14.3 Å². The van der Waals surface area contributed by atoms with Crippen LogP contribution in [0.1, 0.15) is 30.9 Å². The minimum Gasteiger partial charge on any atom is -0.379 e. The van der Waals surface area contributed by atoms with Crippen molar-refractivity contribution in [3.05, 3.63) is 65.7 Å². The van der Waals surface area contributed by atoms with Gasteiger partial charge in [0.1, 0.15) is 0 Å². The van der Waals surface area contributed by atoms with Crippen molar-refractivity contribution in [3.63, 3.8) is 0 Å². The molecule has 0 bridgehead atoms. The number of amides is 2. The summed E-state index contributed by atoms with van der Waals surface area (Å²) in [6.07, 6.45) is 1.24. The van der Waals surface area contributed by atoms with Crippen molar-refractivity contribution in [3.8, 4) is 0 Å². The third-order valence-corrected chi connectivity index (χ3v) is 6.52. The minimum absolute atomic E-state index is 0.00502. The quantitative estimate of drug-likeness (QED) is 0.806. The fraction of sp³-hybridized carbons (Fsp3) is 0.440. The molecule has 0 radical (unpaired) electrons. The van der Waals surface area contributed by atoms with Gasteiger partial charge in [0, 0.05) is 45.3 Å². The molecule has 0 saturated carbocycles. The summed E-state index contributed by atoms with van der Waals surface area (Å²) >= 11 is 0. The first-order chi connectivity index (χ1) is 15.1. The van der Waals surface area contributed by atoms with Gasteiger partial charge in [-0.2, -0.15) is 0 Å². The topological polar surface area (TPSA) is 61.9 Å². The molecule has 2 saturated heterocycles. The Balaban J connectivity index is 1.52. The third kappa shape index (κ3) is 4.97. The summed E-state index contributed by atoms with van der Waals surface area (Å²) in [6, 6.07) is 18.1. The van der Waals surface area contributed by atoms with Crippen LogP contribution in [0.3, 0.4) is 0 Å². The number of anilines is 1. The van der Waals surface area contributed by atoms with Crippen molar-refractivity contribution in [2.24, 2.45) is 0 Å². The number of hydrogen-bond acceptors (Lipinski definition) is 4. The molecule has 2 heterocycles. The van der Waals surface area contributed by atoms with Crippen molar-refractivity contribution >= 4 is 17.5 Å². The molecule has 2 aromatic rings. The molecule has 31 heavy (non-hydrogen) atoms. The lowest BCUT2D eigenvalue weighted by Crippen LogP contribution is -2.50. The van der Waals surface area contributed by atoms with E-state index in [-0.39, 0.29) is 11.8 Å². The van der Waals surface area contributed by atoms with E-state index >= 15 is 0 Å². The Morgan fingerprint density at radius 1 is 0.968 bits per heavy atom. The number of nitrogens with zero attached hydrogens (tertiary/aromatic N) is 2. The summed E-state index contributed by atoms with van der Waals surface area (Å²) in [5.74, 6) is 0.0725. The number of nitrogens with one attached hydrogen (secondary N) is 1. The molecule has 2 aliphatic heterocycles. The Bertz CT molecular complexity index is 901. The Morgan fingerprint density at radius 2 is 1.68 bits per heavy atom. The molecule has 6 heteroatoms. The summed E-state index contributed by atoms with van der Waals surface area (Å²) in [4.78, 5) is 29.6. The number of benzene rings is 2.